The number of amides is 4. The number of rotatable bonds is 15. The van der Waals surface area contributed by atoms with Gasteiger partial charge in [0.25, 0.3) is 0 Å². The highest BCUT2D eigenvalue weighted by Gasteiger charge is 2.26. The smallest absolute Gasteiger partial charge is 0.326 e. The van der Waals surface area contributed by atoms with E-state index in [0.29, 0.717) is 25.1 Å². The normalized spacial score (nSPS) is 13.4. The molecule has 1 heterocycles. The molecular weight excluding hydrogens is 424 g/mol. The molecule has 1 rings (SSSR count). The molecule has 32 heavy (non-hydrogen) atoms. The van der Waals surface area contributed by atoms with Gasteiger partial charge in [-0.15, -0.1) is 0 Å². The molecular formula is C18H30N8O6. The van der Waals surface area contributed by atoms with E-state index in [2.05, 4.69) is 25.9 Å². The molecule has 1 aromatic heterocycles. The van der Waals surface area contributed by atoms with E-state index < -0.39 is 60.7 Å². The van der Waals surface area contributed by atoms with Crippen LogP contribution in [0.15, 0.2) is 12.5 Å². The maximum Gasteiger partial charge on any atom is 0.326 e. The Morgan fingerprint density at radius 2 is 1.81 bits per heavy atom. The highest BCUT2D eigenvalue weighted by Crippen LogP contribution is 2.02. The third-order valence-electron chi connectivity index (χ3n) is 4.37. The van der Waals surface area contributed by atoms with Crippen LogP contribution in [0.5, 0.6) is 0 Å². The minimum absolute atomic E-state index is 0.000671. The van der Waals surface area contributed by atoms with Gasteiger partial charge in [0.15, 0.2) is 0 Å². The molecule has 0 bridgehead atoms. The molecule has 0 aliphatic carbocycles. The Hall–Kier alpha value is -3.52. The SMILES string of the molecule is NCCCCC(NC(=O)CNC(=O)C(Cc1cnc[nH]1)NC(=O)C(N)CC(N)=O)C(=O)O. The van der Waals surface area contributed by atoms with Gasteiger partial charge in [-0.1, -0.05) is 0 Å². The summed E-state index contributed by atoms with van der Waals surface area (Å²) in [5.74, 6) is -4.19. The molecule has 0 spiro atoms. The number of hydrogen-bond donors (Lipinski definition) is 8. The van der Waals surface area contributed by atoms with Crippen molar-refractivity contribution in [1.82, 2.24) is 25.9 Å². The highest BCUT2D eigenvalue weighted by atomic mass is 16.4. The molecule has 0 saturated heterocycles. The first kappa shape index (κ1) is 26.5. The Morgan fingerprint density at radius 1 is 1.09 bits per heavy atom. The molecule has 14 nitrogen and oxygen atoms in total. The van der Waals surface area contributed by atoms with Crippen molar-refractivity contribution >= 4 is 29.6 Å². The van der Waals surface area contributed by atoms with E-state index in [1.807, 2.05) is 0 Å². The fourth-order valence-corrected chi connectivity index (χ4v) is 2.70. The first-order valence-electron chi connectivity index (χ1n) is 9.95. The number of H-pyrrole nitrogens is 1. The molecule has 0 fully saturated rings. The van der Waals surface area contributed by atoms with Gasteiger partial charge in [0.2, 0.25) is 23.6 Å². The molecule has 3 atom stereocenters. The Morgan fingerprint density at radius 3 is 2.38 bits per heavy atom. The van der Waals surface area contributed by atoms with Crippen LogP contribution in [-0.4, -0.2) is 75.9 Å². The monoisotopic (exact) mass is 454 g/mol. The zero-order valence-corrected chi connectivity index (χ0v) is 17.5. The number of carboxylic acid groups (broad SMARTS) is 1. The number of nitrogens with two attached hydrogens (primary N) is 3. The van der Waals surface area contributed by atoms with Crippen molar-refractivity contribution in [1.29, 1.82) is 0 Å². The zero-order chi connectivity index (χ0) is 24.1. The largest absolute Gasteiger partial charge is 0.480 e. The number of aromatic amines is 1. The number of nitrogens with zero attached hydrogens (tertiary/aromatic N) is 1. The third kappa shape index (κ3) is 9.99. The lowest BCUT2D eigenvalue weighted by molar-refractivity contribution is -0.142. The summed E-state index contributed by atoms with van der Waals surface area (Å²) in [4.78, 5) is 65.7. The summed E-state index contributed by atoms with van der Waals surface area (Å²) < 4.78 is 0. The van der Waals surface area contributed by atoms with Crippen LogP contribution >= 0.6 is 0 Å². The Kier molecular flexibility index (Phi) is 11.4. The van der Waals surface area contributed by atoms with Gasteiger partial charge >= 0.3 is 5.97 Å². The summed E-state index contributed by atoms with van der Waals surface area (Å²) in [6, 6.07) is -3.51. The van der Waals surface area contributed by atoms with E-state index in [-0.39, 0.29) is 12.8 Å². The first-order valence-corrected chi connectivity index (χ1v) is 9.95. The molecule has 3 unspecified atom stereocenters. The molecule has 0 aliphatic heterocycles. The van der Waals surface area contributed by atoms with Gasteiger partial charge in [0.1, 0.15) is 12.1 Å². The van der Waals surface area contributed by atoms with Crippen molar-refractivity contribution in [3.8, 4) is 0 Å². The van der Waals surface area contributed by atoms with Gasteiger partial charge in [0, 0.05) is 18.3 Å². The van der Waals surface area contributed by atoms with Gasteiger partial charge < -0.3 is 43.2 Å². The second-order valence-corrected chi connectivity index (χ2v) is 7.08. The summed E-state index contributed by atoms with van der Waals surface area (Å²) in [7, 11) is 0. The number of aliphatic carboxylic acids is 1. The van der Waals surface area contributed by atoms with Crippen molar-refractivity contribution < 1.29 is 29.1 Å². The molecule has 1 aromatic rings. The second-order valence-electron chi connectivity index (χ2n) is 7.08. The molecule has 178 valence electrons. The fourth-order valence-electron chi connectivity index (χ4n) is 2.70. The molecule has 4 amide bonds. The van der Waals surface area contributed by atoms with Crippen LogP contribution in [0.3, 0.4) is 0 Å². The Bertz CT molecular complexity index is 784. The van der Waals surface area contributed by atoms with Gasteiger partial charge in [-0.05, 0) is 25.8 Å². The van der Waals surface area contributed by atoms with E-state index in [0.717, 1.165) is 0 Å². The lowest BCUT2D eigenvalue weighted by Gasteiger charge is -2.20. The van der Waals surface area contributed by atoms with Crippen LogP contribution in [0.4, 0.5) is 0 Å². The fraction of sp³-hybridized carbons (Fsp3) is 0.556. The molecule has 14 heteroatoms. The number of nitrogens with one attached hydrogen (secondary N) is 4. The number of hydrogen-bond acceptors (Lipinski definition) is 8. The van der Waals surface area contributed by atoms with Gasteiger partial charge in [0.05, 0.1) is 25.3 Å². The molecule has 0 radical (unpaired) electrons. The maximum absolute atomic E-state index is 12.6. The Balaban J connectivity index is 2.69. The number of carbonyl (C=O) groups is 5. The van der Waals surface area contributed by atoms with E-state index >= 15 is 0 Å². The van der Waals surface area contributed by atoms with Crippen molar-refractivity contribution in [2.75, 3.05) is 13.1 Å². The summed E-state index contributed by atoms with van der Waals surface area (Å²) in [6.45, 7) is -0.106. The van der Waals surface area contributed by atoms with Crippen LogP contribution in [0.25, 0.3) is 0 Å². The molecule has 0 aliphatic rings. The van der Waals surface area contributed by atoms with Gasteiger partial charge in [-0.3, -0.25) is 19.2 Å². The second kappa shape index (κ2) is 13.7. The average Bonchev–Trinajstić information content (AvgIpc) is 3.23. The molecule has 0 aromatic carbocycles. The number of carboxylic acids is 1. The van der Waals surface area contributed by atoms with E-state index in [9.17, 15) is 29.1 Å². The van der Waals surface area contributed by atoms with Gasteiger partial charge in [-0.2, -0.15) is 0 Å². The Labute approximate surface area is 184 Å². The van der Waals surface area contributed by atoms with Crippen LogP contribution < -0.4 is 33.2 Å². The summed E-state index contributed by atoms with van der Waals surface area (Å²) in [6.07, 6.45) is 3.75. The van der Waals surface area contributed by atoms with E-state index in [1.165, 1.54) is 12.5 Å². The van der Waals surface area contributed by atoms with Crippen molar-refractivity contribution in [2.45, 2.75) is 50.2 Å². The van der Waals surface area contributed by atoms with Crippen molar-refractivity contribution in [3.63, 3.8) is 0 Å². The minimum atomic E-state index is -1.25. The standard InChI is InChI=1S/C18H30N8O6/c19-4-2-1-3-12(18(31)32)25-15(28)8-23-17(30)13(5-10-7-22-9-24-10)26-16(29)11(20)6-14(21)27/h7,9,11-13H,1-6,8,19-20H2,(H2,21,27)(H,22,24)(H,23,30)(H,25,28)(H,26,29)(H,31,32). The predicted octanol–water partition coefficient (Wildman–Crippen LogP) is -3.55. The number of aromatic nitrogens is 2. The molecule has 11 N–H and O–H groups in total. The summed E-state index contributed by atoms with van der Waals surface area (Å²) >= 11 is 0. The van der Waals surface area contributed by atoms with Crippen molar-refractivity contribution in [3.05, 3.63) is 18.2 Å². The summed E-state index contributed by atoms with van der Waals surface area (Å²) in [5.41, 5.74) is 16.5. The number of imidazole rings is 1. The minimum Gasteiger partial charge on any atom is -0.480 e. The average molecular weight is 454 g/mol. The quantitative estimate of drug-likeness (QED) is 0.122. The number of carbonyl (C=O) groups excluding carboxylic acids is 4. The first-order chi connectivity index (χ1) is 15.1. The topological polar surface area (TPSA) is 248 Å². The van der Waals surface area contributed by atoms with Crippen LogP contribution in [0.1, 0.15) is 31.4 Å². The lowest BCUT2D eigenvalue weighted by atomic mass is 10.1. The number of primary amides is 1. The predicted molar refractivity (Wildman–Crippen MR) is 111 cm³/mol. The lowest BCUT2D eigenvalue weighted by Crippen LogP contribution is -2.54. The van der Waals surface area contributed by atoms with E-state index in [1.54, 1.807) is 0 Å². The highest BCUT2D eigenvalue weighted by molar-refractivity contribution is 5.94. The maximum atomic E-state index is 12.6. The van der Waals surface area contributed by atoms with Crippen LogP contribution in [-0.2, 0) is 30.4 Å². The van der Waals surface area contributed by atoms with Crippen LogP contribution in [0.2, 0.25) is 0 Å². The van der Waals surface area contributed by atoms with Gasteiger partial charge in [-0.25, -0.2) is 9.78 Å². The zero-order valence-electron chi connectivity index (χ0n) is 17.5. The summed E-state index contributed by atoms with van der Waals surface area (Å²) in [5, 5.41) is 16.3. The molecule has 0 saturated carbocycles. The van der Waals surface area contributed by atoms with E-state index in [4.69, 9.17) is 17.2 Å². The number of unbranched alkanes of at least 4 members (excludes halogenated alkanes) is 1. The van der Waals surface area contributed by atoms with Crippen molar-refractivity contribution in [2.24, 2.45) is 17.2 Å². The van der Waals surface area contributed by atoms with Crippen LogP contribution in [0, 0.1) is 0 Å². The third-order valence-corrected chi connectivity index (χ3v) is 4.37.